The second-order valence-corrected chi connectivity index (χ2v) is 7.48. The highest BCUT2D eigenvalue weighted by Crippen LogP contribution is 2.27. The third-order valence-corrected chi connectivity index (χ3v) is 5.25. The highest BCUT2D eigenvalue weighted by Gasteiger charge is 2.15. The molecule has 6 heteroatoms. The van der Waals surface area contributed by atoms with E-state index in [2.05, 4.69) is 46.5 Å². The summed E-state index contributed by atoms with van der Waals surface area (Å²) >= 11 is 12.3. The van der Waals surface area contributed by atoms with Crippen LogP contribution in [0.2, 0.25) is 10.0 Å². The second-order valence-electron chi connectivity index (χ2n) is 6.64. The van der Waals surface area contributed by atoms with Crippen LogP contribution in [0.3, 0.4) is 0 Å². The van der Waals surface area contributed by atoms with E-state index in [0.29, 0.717) is 23.2 Å². The van der Waals surface area contributed by atoms with Crippen LogP contribution >= 0.6 is 23.2 Å². The lowest BCUT2D eigenvalue weighted by atomic mass is 10.0. The first kappa shape index (κ1) is 19.6. The summed E-state index contributed by atoms with van der Waals surface area (Å²) in [6.45, 7) is 0.922. The number of aromatic nitrogens is 3. The van der Waals surface area contributed by atoms with Crippen molar-refractivity contribution >= 4 is 23.2 Å². The smallest absolute Gasteiger partial charge is 0.137 e. The van der Waals surface area contributed by atoms with Gasteiger partial charge in [0.05, 0.1) is 13.2 Å². The van der Waals surface area contributed by atoms with Gasteiger partial charge in [-0.25, -0.2) is 4.98 Å². The Labute approximate surface area is 179 Å². The first-order valence-corrected chi connectivity index (χ1v) is 9.98. The maximum absolute atomic E-state index is 6.30. The predicted octanol–water partition coefficient (Wildman–Crippen LogP) is 6.21. The maximum Gasteiger partial charge on any atom is 0.137 e. The highest BCUT2D eigenvalue weighted by atomic mass is 35.5. The van der Waals surface area contributed by atoms with E-state index in [1.54, 1.807) is 17.1 Å². The fourth-order valence-corrected chi connectivity index (χ4v) is 3.56. The van der Waals surface area contributed by atoms with Crippen molar-refractivity contribution < 1.29 is 4.74 Å². The van der Waals surface area contributed by atoms with Crippen molar-refractivity contribution in [1.82, 2.24) is 14.8 Å². The Balaban J connectivity index is 1.55. The fourth-order valence-electron chi connectivity index (χ4n) is 3.10. The van der Waals surface area contributed by atoms with Crippen molar-refractivity contribution in [3.63, 3.8) is 0 Å². The number of rotatable bonds is 7. The lowest BCUT2D eigenvalue weighted by Gasteiger charge is -2.19. The van der Waals surface area contributed by atoms with Crippen LogP contribution in [0.5, 0.6) is 0 Å². The molecule has 1 unspecified atom stereocenters. The molecule has 4 nitrogen and oxygen atoms in total. The first-order valence-electron chi connectivity index (χ1n) is 9.22. The number of benzene rings is 3. The Kier molecular flexibility index (Phi) is 6.25. The third kappa shape index (κ3) is 5.04. The fraction of sp³-hybridized carbons (Fsp3) is 0.130. The maximum atomic E-state index is 6.30. The molecule has 4 aromatic rings. The van der Waals surface area contributed by atoms with E-state index in [0.717, 1.165) is 16.7 Å². The van der Waals surface area contributed by atoms with Crippen LogP contribution in [0.25, 0.3) is 11.1 Å². The van der Waals surface area contributed by atoms with Crippen LogP contribution in [0, 0.1) is 0 Å². The van der Waals surface area contributed by atoms with E-state index in [-0.39, 0.29) is 6.10 Å². The average Bonchev–Trinajstić information content (AvgIpc) is 3.26. The molecule has 0 saturated carbocycles. The summed E-state index contributed by atoms with van der Waals surface area (Å²) in [5.74, 6) is 0. The SMILES string of the molecule is Clc1ccc(COC(Cn2cncn2)c2ccc(-c3ccccc3)cc2)c(Cl)c1. The Bertz CT molecular complexity index is 1050. The molecule has 0 radical (unpaired) electrons. The van der Waals surface area contributed by atoms with Crippen molar-refractivity contribution in [3.8, 4) is 11.1 Å². The van der Waals surface area contributed by atoms with Gasteiger partial charge in [-0.3, -0.25) is 4.68 Å². The molecule has 0 bridgehead atoms. The molecule has 0 N–H and O–H groups in total. The lowest BCUT2D eigenvalue weighted by Crippen LogP contribution is -2.13. The minimum atomic E-state index is -0.201. The number of ether oxygens (including phenoxy) is 1. The molecule has 3 aromatic carbocycles. The van der Waals surface area contributed by atoms with Crippen molar-refractivity contribution in [2.24, 2.45) is 0 Å². The van der Waals surface area contributed by atoms with Crippen LogP contribution in [-0.2, 0) is 17.9 Å². The van der Waals surface area contributed by atoms with Gasteiger partial charge >= 0.3 is 0 Å². The number of nitrogens with zero attached hydrogens (tertiary/aromatic N) is 3. The molecular formula is C23H19Cl2N3O. The molecule has 1 heterocycles. The average molecular weight is 424 g/mol. The van der Waals surface area contributed by atoms with Crippen molar-refractivity contribution in [2.45, 2.75) is 19.3 Å². The molecule has 0 saturated heterocycles. The van der Waals surface area contributed by atoms with Gasteiger partial charge in [-0.2, -0.15) is 5.10 Å². The molecule has 1 atom stereocenters. The normalized spacial score (nSPS) is 12.1. The van der Waals surface area contributed by atoms with Gasteiger partial charge in [0, 0.05) is 10.0 Å². The van der Waals surface area contributed by atoms with Crippen molar-refractivity contribution in [1.29, 1.82) is 0 Å². The Hall–Kier alpha value is -2.66. The van der Waals surface area contributed by atoms with E-state index in [9.17, 15) is 0 Å². The Morgan fingerprint density at radius 1 is 0.897 bits per heavy atom. The zero-order chi connectivity index (χ0) is 20.1. The quantitative estimate of drug-likeness (QED) is 0.354. The van der Waals surface area contributed by atoms with Gasteiger partial charge in [0.2, 0.25) is 0 Å². The molecular weight excluding hydrogens is 405 g/mol. The van der Waals surface area contributed by atoms with Gasteiger partial charge in [-0.15, -0.1) is 0 Å². The van der Waals surface area contributed by atoms with Crippen LogP contribution < -0.4 is 0 Å². The minimum absolute atomic E-state index is 0.201. The molecule has 29 heavy (non-hydrogen) atoms. The molecule has 0 aliphatic heterocycles. The predicted molar refractivity (Wildman–Crippen MR) is 116 cm³/mol. The van der Waals surface area contributed by atoms with Crippen molar-refractivity contribution in [3.05, 3.63) is 107 Å². The van der Waals surface area contributed by atoms with Crippen molar-refractivity contribution in [2.75, 3.05) is 0 Å². The molecule has 0 spiro atoms. The van der Waals surface area contributed by atoms with E-state index < -0.39 is 0 Å². The van der Waals surface area contributed by atoms with E-state index in [1.165, 1.54) is 11.9 Å². The first-order chi connectivity index (χ1) is 14.2. The summed E-state index contributed by atoms with van der Waals surface area (Å²) in [6.07, 6.45) is 3.00. The Morgan fingerprint density at radius 2 is 1.66 bits per heavy atom. The minimum Gasteiger partial charge on any atom is -0.367 e. The molecule has 1 aromatic heterocycles. The van der Waals surface area contributed by atoms with E-state index in [4.69, 9.17) is 27.9 Å². The summed E-state index contributed by atoms with van der Waals surface area (Å²) in [7, 11) is 0. The highest BCUT2D eigenvalue weighted by molar-refractivity contribution is 6.35. The summed E-state index contributed by atoms with van der Waals surface area (Å²) in [4.78, 5) is 4.03. The molecule has 146 valence electrons. The van der Waals surface area contributed by atoms with Gasteiger partial charge in [0.1, 0.15) is 18.8 Å². The van der Waals surface area contributed by atoms with Crippen LogP contribution in [0.4, 0.5) is 0 Å². The van der Waals surface area contributed by atoms with Crippen LogP contribution in [-0.4, -0.2) is 14.8 Å². The van der Waals surface area contributed by atoms with Gasteiger partial charge in [0.25, 0.3) is 0 Å². The molecule has 4 rings (SSSR count). The van der Waals surface area contributed by atoms with E-state index >= 15 is 0 Å². The number of halogens is 2. The molecule has 0 aliphatic rings. The third-order valence-electron chi connectivity index (χ3n) is 4.66. The molecule has 0 fully saturated rings. The molecule has 0 amide bonds. The lowest BCUT2D eigenvalue weighted by molar-refractivity contribution is 0.0257. The van der Waals surface area contributed by atoms with Gasteiger partial charge in [0.15, 0.2) is 0 Å². The van der Waals surface area contributed by atoms with Gasteiger partial charge in [-0.05, 0) is 34.4 Å². The Morgan fingerprint density at radius 3 is 2.34 bits per heavy atom. The van der Waals surface area contributed by atoms with Gasteiger partial charge < -0.3 is 4.74 Å². The second kappa shape index (κ2) is 9.23. The molecule has 0 aliphatic carbocycles. The van der Waals surface area contributed by atoms with E-state index in [1.807, 2.05) is 30.3 Å². The summed E-state index contributed by atoms with van der Waals surface area (Å²) in [6, 6.07) is 24.1. The zero-order valence-electron chi connectivity index (χ0n) is 15.6. The number of hydrogen-bond donors (Lipinski definition) is 0. The number of hydrogen-bond acceptors (Lipinski definition) is 3. The topological polar surface area (TPSA) is 39.9 Å². The van der Waals surface area contributed by atoms with Crippen LogP contribution in [0.15, 0.2) is 85.5 Å². The summed E-state index contributed by atoms with van der Waals surface area (Å²) < 4.78 is 8.00. The monoisotopic (exact) mass is 423 g/mol. The summed E-state index contributed by atoms with van der Waals surface area (Å²) in [5.41, 5.74) is 4.29. The van der Waals surface area contributed by atoms with Crippen LogP contribution in [0.1, 0.15) is 17.2 Å². The van der Waals surface area contributed by atoms with Gasteiger partial charge in [-0.1, -0.05) is 83.9 Å². The standard InChI is InChI=1S/C23H19Cl2N3O/c24-21-11-10-20(22(25)12-21)14-29-23(13-28-16-26-15-27-28)19-8-6-18(7-9-19)17-4-2-1-3-5-17/h1-12,15-16,23H,13-14H2. The summed E-state index contributed by atoms with van der Waals surface area (Å²) in [5, 5.41) is 5.41. The zero-order valence-corrected chi connectivity index (χ0v) is 17.1. The largest absolute Gasteiger partial charge is 0.367 e.